The normalized spacial score (nSPS) is 24.6. The third-order valence-corrected chi connectivity index (χ3v) is 4.03. The van der Waals surface area contributed by atoms with Gasteiger partial charge in [-0.1, -0.05) is 36.4 Å². The molecule has 1 nitrogen and oxygen atoms in total. The maximum Gasteiger partial charge on any atom is 0.103 e. The van der Waals surface area contributed by atoms with E-state index in [1.807, 2.05) is 0 Å². The quantitative estimate of drug-likeness (QED) is 0.609. The smallest absolute Gasteiger partial charge is 0.103 e. The van der Waals surface area contributed by atoms with E-state index in [1.54, 1.807) is 0 Å². The summed E-state index contributed by atoms with van der Waals surface area (Å²) in [6, 6.07) is 8.90. The Kier molecular flexibility index (Phi) is 1.66. The van der Waals surface area contributed by atoms with Gasteiger partial charge in [0.15, 0.2) is 0 Å². The highest BCUT2D eigenvalue weighted by Gasteiger charge is 2.35. The van der Waals surface area contributed by atoms with Crippen LogP contribution in [0.5, 0.6) is 0 Å². The summed E-state index contributed by atoms with van der Waals surface area (Å²) in [6.45, 7) is 4.37. The number of ether oxygens (including phenoxy) is 1. The van der Waals surface area contributed by atoms with Crippen LogP contribution >= 0.6 is 0 Å². The predicted molar refractivity (Wildman–Crippen MR) is 69.1 cm³/mol. The average molecular weight is 222 g/mol. The summed E-state index contributed by atoms with van der Waals surface area (Å²) in [4.78, 5) is 0. The van der Waals surface area contributed by atoms with Crippen LogP contribution in [0.15, 0.2) is 36.4 Å². The van der Waals surface area contributed by atoms with E-state index in [4.69, 9.17) is 4.74 Å². The zero-order chi connectivity index (χ0) is 11.6. The van der Waals surface area contributed by atoms with E-state index < -0.39 is 0 Å². The van der Waals surface area contributed by atoms with Crippen LogP contribution in [0.1, 0.15) is 34.5 Å². The Morgan fingerprint density at radius 3 is 2.53 bits per heavy atom. The largest absolute Gasteiger partial charge is 0.357 e. The minimum atomic E-state index is 0.180. The number of fused-ring (bicyclic) bond motifs is 7. The molecule has 2 aromatic rings. The van der Waals surface area contributed by atoms with Gasteiger partial charge in [-0.3, -0.25) is 0 Å². The van der Waals surface area contributed by atoms with Crippen LogP contribution in [0.2, 0.25) is 0 Å². The molecule has 0 amide bonds. The zero-order valence-electron chi connectivity index (χ0n) is 10.0. The molecule has 84 valence electrons. The maximum absolute atomic E-state index is 5.93. The Morgan fingerprint density at radius 2 is 1.65 bits per heavy atom. The minimum absolute atomic E-state index is 0.180. The lowest BCUT2D eigenvalue weighted by atomic mass is 9.88. The van der Waals surface area contributed by atoms with Crippen LogP contribution < -0.4 is 0 Å². The van der Waals surface area contributed by atoms with E-state index in [1.165, 1.54) is 33.0 Å². The van der Waals surface area contributed by atoms with E-state index in [0.29, 0.717) is 0 Å². The molecule has 2 bridgehead atoms. The minimum Gasteiger partial charge on any atom is -0.357 e. The van der Waals surface area contributed by atoms with Crippen LogP contribution in [0, 0.1) is 13.8 Å². The molecule has 0 saturated heterocycles. The summed E-state index contributed by atoms with van der Waals surface area (Å²) >= 11 is 0. The Balaban J connectivity index is 2.19. The number of aryl methyl sites for hydroxylation is 2. The van der Waals surface area contributed by atoms with Gasteiger partial charge in [0.05, 0.1) is 0 Å². The van der Waals surface area contributed by atoms with E-state index in [-0.39, 0.29) is 12.2 Å². The van der Waals surface area contributed by atoms with Crippen molar-refractivity contribution in [1.82, 2.24) is 0 Å². The van der Waals surface area contributed by atoms with Crippen LogP contribution in [0.3, 0.4) is 0 Å². The van der Waals surface area contributed by atoms with Crippen molar-refractivity contribution in [2.24, 2.45) is 0 Å². The molecule has 0 saturated carbocycles. The van der Waals surface area contributed by atoms with E-state index >= 15 is 0 Å². The highest BCUT2D eigenvalue weighted by Crippen LogP contribution is 2.49. The molecule has 0 radical (unpaired) electrons. The molecule has 2 heterocycles. The number of hydrogen-bond donors (Lipinski definition) is 0. The molecule has 0 fully saturated rings. The summed E-state index contributed by atoms with van der Waals surface area (Å²) in [5.41, 5.74) is 5.46. The van der Waals surface area contributed by atoms with Crippen molar-refractivity contribution in [3.8, 4) is 0 Å². The van der Waals surface area contributed by atoms with E-state index in [9.17, 15) is 0 Å². The molecule has 0 N–H and O–H groups in total. The van der Waals surface area contributed by atoms with Gasteiger partial charge in [0.2, 0.25) is 0 Å². The van der Waals surface area contributed by atoms with Crippen molar-refractivity contribution in [2.45, 2.75) is 26.1 Å². The van der Waals surface area contributed by atoms with Gasteiger partial charge < -0.3 is 4.74 Å². The van der Waals surface area contributed by atoms with E-state index in [0.717, 1.165) is 0 Å². The first-order valence-corrected chi connectivity index (χ1v) is 6.12. The molecule has 0 aliphatic carbocycles. The lowest BCUT2D eigenvalue weighted by molar-refractivity contribution is 0.0883. The summed E-state index contributed by atoms with van der Waals surface area (Å²) in [5, 5.41) is 2.77. The van der Waals surface area contributed by atoms with Gasteiger partial charge in [-0.2, -0.15) is 0 Å². The summed E-state index contributed by atoms with van der Waals surface area (Å²) in [7, 11) is 0. The zero-order valence-corrected chi connectivity index (χ0v) is 10.0. The van der Waals surface area contributed by atoms with Crippen molar-refractivity contribution in [3.63, 3.8) is 0 Å². The first-order chi connectivity index (χ1) is 8.25. The molecule has 2 atom stereocenters. The van der Waals surface area contributed by atoms with Crippen molar-refractivity contribution in [2.75, 3.05) is 0 Å². The molecule has 0 spiro atoms. The fourth-order valence-electron chi connectivity index (χ4n) is 3.16. The molecular weight excluding hydrogens is 208 g/mol. The van der Waals surface area contributed by atoms with E-state index in [2.05, 4.69) is 50.3 Å². The number of benzene rings is 2. The summed E-state index contributed by atoms with van der Waals surface area (Å²) < 4.78 is 5.93. The molecule has 1 heteroatoms. The fraction of sp³-hybridized carbons (Fsp3) is 0.250. The first-order valence-electron chi connectivity index (χ1n) is 6.12. The van der Waals surface area contributed by atoms with Gasteiger partial charge in [-0.25, -0.2) is 0 Å². The molecule has 2 unspecified atom stereocenters. The van der Waals surface area contributed by atoms with Crippen LogP contribution in [0.25, 0.3) is 10.8 Å². The number of rotatable bonds is 0. The van der Waals surface area contributed by atoms with Crippen molar-refractivity contribution >= 4 is 10.8 Å². The highest BCUT2D eigenvalue weighted by atomic mass is 16.5. The molecule has 0 aromatic heterocycles. The predicted octanol–water partition coefficient (Wildman–Crippen LogP) is 4.14. The summed E-state index contributed by atoms with van der Waals surface area (Å²) in [5.74, 6) is 0. The molecule has 2 aromatic carbocycles. The van der Waals surface area contributed by atoms with Gasteiger partial charge in [-0.05, 0) is 46.9 Å². The average Bonchev–Trinajstić information content (AvgIpc) is 2.94. The van der Waals surface area contributed by atoms with Gasteiger partial charge >= 0.3 is 0 Å². The second-order valence-corrected chi connectivity index (χ2v) is 5.05. The van der Waals surface area contributed by atoms with Crippen LogP contribution in [-0.4, -0.2) is 0 Å². The molecule has 17 heavy (non-hydrogen) atoms. The monoisotopic (exact) mass is 222 g/mol. The highest BCUT2D eigenvalue weighted by molar-refractivity contribution is 5.93. The fourth-order valence-corrected chi connectivity index (χ4v) is 3.16. The van der Waals surface area contributed by atoms with Crippen LogP contribution in [-0.2, 0) is 4.74 Å². The Bertz CT molecular complexity index is 667. The standard InChI is InChI=1S/C16H14O/c1-9-3-4-10(2)15-11(9)5-6-12-13-7-8-14(17-13)16(12)15/h3-8,13-14H,1-2H3. The Labute approximate surface area is 101 Å². The number of hydrogen-bond acceptors (Lipinski definition) is 1. The third-order valence-electron chi connectivity index (χ3n) is 4.03. The summed E-state index contributed by atoms with van der Waals surface area (Å²) in [6.07, 6.45) is 4.73. The van der Waals surface area contributed by atoms with Crippen molar-refractivity contribution in [3.05, 3.63) is 58.7 Å². The lowest BCUT2D eigenvalue weighted by Gasteiger charge is -2.14. The second kappa shape index (κ2) is 2.99. The lowest BCUT2D eigenvalue weighted by Crippen LogP contribution is -1.96. The maximum atomic E-state index is 5.93. The van der Waals surface area contributed by atoms with Gasteiger partial charge in [0.1, 0.15) is 12.2 Å². The third kappa shape index (κ3) is 1.07. The van der Waals surface area contributed by atoms with Crippen molar-refractivity contribution in [1.29, 1.82) is 0 Å². The molecule has 2 aliphatic heterocycles. The van der Waals surface area contributed by atoms with Gasteiger partial charge in [0, 0.05) is 0 Å². The first kappa shape index (κ1) is 9.43. The van der Waals surface area contributed by atoms with Gasteiger partial charge in [-0.15, -0.1) is 0 Å². The van der Waals surface area contributed by atoms with Gasteiger partial charge in [0.25, 0.3) is 0 Å². The van der Waals surface area contributed by atoms with Crippen molar-refractivity contribution < 1.29 is 4.74 Å². The Morgan fingerprint density at radius 1 is 0.882 bits per heavy atom. The second-order valence-electron chi connectivity index (χ2n) is 5.05. The Hall–Kier alpha value is -1.60. The molecule has 4 rings (SSSR count). The molecule has 2 aliphatic rings. The SMILES string of the molecule is Cc1ccc(C)c2c3c(ccc12)C1C=CC3O1. The topological polar surface area (TPSA) is 9.23 Å². The van der Waals surface area contributed by atoms with Crippen LogP contribution in [0.4, 0.5) is 0 Å². The molecular formula is C16H14O.